The van der Waals surface area contributed by atoms with Crippen LogP contribution < -0.4 is 0 Å². The molecule has 1 N–H and O–H groups in total. The maximum atomic E-state index is 12.8. The van der Waals surface area contributed by atoms with Crippen molar-refractivity contribution >= 4 is 49.2 Å². The van der Waals surface area contributed by atoms with Crippen molar-refractivity contribution in [2.24, 2.45) is 0 Å². The highest BCUT2D eigenvalue weighted by Crippen LogP contribution is 2.37. The van der Waals surface area contributed by atoms with Gasteiger partial charge in [-0.05, 0) is 37.8 Å². The van der Waals surface area contributed by atoms with Crippen LogP contribution in [0, 0.1) is 0 Å². The van der Waals surface area contributed by atoms with Crippen LogP contribution in [-0.4, -0.2) is 37.0 Å². The van der Waals surface area contributed by atoms with Crippen molar-refractivity contribution in [1.82, 2.24) is 4.31 Å². The van der Waals surface area contributed by atoms with Crippen LogP contribution in [0.1, 0.15) is 25.7 Å². The number of sulfonamides is 1. The summed E-state index contributed by atoms with van der Waals surface area (Å²) in [5.41, 5.74) is 0. The van der Waals surface area contributed by atoms with Crippen molar-refractivity contribution < 1.29 is 13.5 Å². The van der Waals surface area contributed by atoms with Crippen molar-refractivity contribution in [2.45, 2.75) is 36.6 Å². The number of aliphatic hydroxyl groups is 1. The average Bonchev–Trinajstić information content (AvgIpc) is 2.83. The summed E-state index contributed by atoms with van der Waals surface area (Å²) in [6.45, 7) is 0.519. The second kappa shape index (κ2) is 7.15. The van der Waals surface area contributed by atoms with Crippen LogP contribution in [0.25, 0.3) is 0 Å². The number of nitrogens with zero attached hydrogens (tertiary/aromatic N) is 1. The molecule has 1 saturated heterocycles. The van der Waals surface area contributed by atoms with Gasteiger partial charge in [0.1, 0.15) is 4.90 Å². The maximum Gasteiger partial charge on any atom is 0.246 e. The van der Waals surface area contributed by atoms with Crippen molar-refractivity contribution in [1.29, 1.82) is 0 Å². The number of hydrogen-bond donors (Lipinski definition) is 1. The standard InChI is InChI=1S/C13H16BrCl2NO3S/c14-9-7-11(15)13(12(16)8-9)21(19,20)17-5-1-3-10(17)4-2-6-18/h7-8,10,18H,1-6H2. The zero-order valence-electron chi connectivity index (χ0n) is 11.2. The van der Waals surface area contributed by atoms with Crippen LogP contribution in [0.5, 0.6) is 0 Å². The lowest BCUT2D eigenvalue weighted by Crippen LogP contribution is -2.36. The Morgan fingerprint density at radius 1 is 1.33 bits per heavy atom. The first kappa shape index (κ1) is 17.5. The molecular weight excluding hydrogens is 401 g/mol. The number of halogens is 3. The molecule has 0 spiro atoms. The second-order valence-electron chi connectivity index (χ2n) is 4.98. The van der Waals surface area contributed by atoms with E-state index in [-0.39, 0.29) is 27.6 Å². The molecular formula is C13H16BrCl2NO3S. The highest BCUT2D eigenvalue weighted by molar-refractivity contribution is 9.10. The topological polar surface area (TPSA) is 57.6 Å². The monoisotopic (exact) mass is 415 g/mol. The molecule has 1 aliphatic rings. The Morgan fingerprint density at radius 3 is 2.52 bits per heavy atom. The molecule has 1 aromatic carbocycles. The number of benzene rings is 1. The molecule has 0 saturated carbocycles. The normalized spacial score (nSPS) is 20.1. The lowest BCUT2D eigenvalue weighted by molar-refractivity contribution is 0.264. The Kier molecular flexibility index (Phi) is 5.96. The van der Waals surface area contributed by atoms with Crippen molar-refractivity contribution in [3.8, 4) is 0 Å². The van der Waals surface area contributed by atoms with E-state index in [1.165, 1.54) is 16.4 Å². The van der Waals surface area contributed by atoms with Crippen molar-refractivity contribution in [2.75, 3.05) is 13.2 Å². The van der Waals surface area contributed by atoms with Gasteiger partial charge in [-0.3, -0.25) is 0 Å². The molecule has 0 bridgehead atoms. The summed E-state index contributed by atoms with van der Waals surface area (Å²) in [5, 5.41) is 9.16. The number of hydrogen-bond acceptors (Lipinski definition) is 3. The molecule has 21 heavy (non-hydrogen) atoms. The molecule has 8 heteroatoms. The van der Waals surface area contributed by atoms with E-state index in [1.54, 1.807) is 0 Å². The Hall–Kier alpha value is 0.150. The first-order valence-corrected chi connectivity index (χ1v) is 9.64. The quantitative estimate of drug-likeness (QED) is 0.796. The highest BCUT2D eigenvalue weighted by atomic mass is 79.9. The first-order valence-electron chi connectivity index (χ1n) is 6.65. The van der Waals surface area contributed by atoms with Gasteiger partial charge in [-0.1, -0.05) is 39.1 Å². The van der Waals surface area contributed by atoms with E-state index in [0.29, 0.717) is 23.9 Å². The lowest BCUT2D eigenvalue weighted by Gasteiger charge is -2.25. The third-order valence-corrected chi connectivity index (χ3v) is 6.88. The minimum Gasteiger partial charge on any atom is -0.396 e. The zero-order chi connectivity index (χ0) is 15.6. The van der Waals surface area contributed by atoms with Gasteiger partial charge in [0.2, 0.25) is 10.0 Å². The van der Waals surface area contributed by atoms with Gasteiger partial charge in [-0.2, -0.15) is 4.31 Å². The lowest BCUT2D eigenvalue weighted by atomic mass is 10.1. The Bertz CT molecular complexity index is 601. The van der Waals surface area contributed by atoms with Crippen LogP contribution in [-0.2, 0) is 10.0 Å². The fourth-order valence-corrected chi connectivity index (χ4v) is 6.25. The first-order chi connectivity index (χ1) is 9.87. The third kappa shape index (κ3) is 3.74. The Morgan fingerprint density at radius 2 is 1.95 bits per heavy atom. The molecule has 1 aromatic rings. The molecule has 1 unspecified atom stereocenters. The summed E-state index contributed by atoms with van der Waals surface area (Å²) in [6, 6.07) is 2.95. The van der Waals surface area contributed by atoms with Gasteiger partial charge in [0.15, 0.2) is 0 Å². The zero-order valence-corrected chi connectivity index (χ0v) is 15.1. The summed E-state index contributed by atoms with van der Waals surface area (Å²) < 4.78 is 27.8. The molecule has 0 amide bonds. The molecule has 4 nitrogen and oxygen atoms in total. The number of aliphatic hydroxyl groups excluding tert-OH is 1. The summed E-state index contributed by atoms with van der Waals surface area (Å²) >= 11 is 15.4. The van der Waals surface area contributed by atoms with Crippen LogP contribution in [0.3, 0.4) is 0 Å². The minimum atomic E-state index is -3.73. The van der Waals surface area contributed by atoms with Gasteiger partial charge in [-0.15, -0.1) is 0 Å². The summed E-state index contributed by atoms with van der Waals surface area (Å²) in [4.78, 5) is -0.0371. The van der Waals surface area contributed by atoms with E-state index in [4.69, 9.17) is 28.3 Å². The van der Waals surface area contributed by atoms with Gasteiger partial charge in [0.25, 0.3) is 0 Å². The van der Waals surface area contributed by atoms with Crippen LogP contribution in [0.2, 0.25) is 10.0 Å². The summed E-state index contributed by atoms with van der Waals surface area (Å²) in [6.07, 6.45) is 2.83. The molecule has 1 heterocycles. The van der Waals surface area contributed by atoms with Crippen molar-refractivity contribution in [3.05, 3.63) is 26.7 Å². The van der Waals surface area contributed by atoms with Crippen LogP contribution in [0.4, 0.5) is 0 Å². The summed E-state index contributed by atoms with van der Waals surface area (Å²) in [5.74, 6) is 0. The third-order valence-electron chi connectivity index (χ3n) is 3.55. The molecule has 0 aromatic heterocycles. The molecule has 1 fully saturated rings. The van der Waals surface area contributed by atoms with Gasteiger partial charge >= 0.3 is 0 Å². The van der Waals surface area contributed by atoms with E-state index in [9.17, 15) is 8.42 Å². The van der Waals surface area contributed by atoms with Crippen molar-refractivity contribution in [3.63, 3.8) is 0 Å². The molecule has 118 valence electrons. The van der Waals surface area contributed by atoms with Crippen LogP contribution in [0.15, 0.2) is 21.5 Å². The molecule has 1 atom stereocenters. The molecule has 0 radical (unpaired) electrons. The van der Waals surface area contributed by atoms with Gasteiger partial charge in [0, 0.05) is 23.7 Å². The maximum absolute atomic E-state index is 12.8. The van der Waals surface area contributed by atoms with E-state index >= 15 is 0 Å². The fourth-order valence-electron chi connectivity index (χ4n) is 2.63. The summed E-state index contributed by atoms with van der Waals surface area (Å²) in [7, 11) is -3.73. The minimum absolute atomic E-state index is 0.0371. The smallest absolute Gasteiger partial charge is 0.246 e. The largest absolute Gasteiger partial charge is 0.396 e. The van der Waals surface area contributed by atoms with Crippen LogP contribution >= 0.6 is 39.1 Å². The van der Waals surface area contributed by atoms with Gasteiger partial charge in [-0.25, -0.2) is 8.42 Å². The van der Waals surface area contributed by atoms with E-state index in [2.05, 4.69) is 15.9 Å². The fraction of sp³-hybridized carbons (Fsp3) is 0.538. The Balaban J connectivity index is 2.38. The van der Waals surface area contributed by atoms with E-state index < -0.39 is 10.0 Å². The van der Waals surface area contributed by atoms with E-state index in [0.717, 1.165) is 12.8 Å². The average molecular weight is 417 g/mol. The number of rotatable bonds is 5. The van der Waals surface area contributed by atoms with Gasteiger partial charge < -0.3 is 5.11 Å². The predicted molar refractivity (Wildman–Crippen MR) is 87.4 cm³/mol. The van der Waals surface area contributed by atoms with E-state index in [1.807, 2.05) is 0 Å². The molecule has 0 aliphatic carbocycles. The van der Waals surface area contributed by atoms with Gasteiger partial charge in [0.05, 0.1) is 10.0 Å². The second-order valence-corrected chi connectivity index (χ2v) is 8.53. The molecule has 1 aliphatic heterocycles. The predicted octanol–water partition coefficient (Wildman–Crippen LogP) is 3.68. The highest BCUT2D eigenvalue weighted by Gasteiger charge is 2.37. The SMILES string of the molecule is O=S(=O)(c1c(Cl)cc(Br)cc1Cl)N1CCCC1CCCO. The molecule has 2 rings (SSSR count). The Labute approximate surface area is 143 Å².